The monoisotopic (exact) mass is 216 g/mol. The molecule has 0 unspecified atom stereocenters. The molecule has 2 aromatic rings. The molecule has 1 heterocycles. The van der Waals surface area contributed by atoms with E-state index in [0.29, 0.717) is 12.1 Å². The van der Waals surface area contributed by atoms with Gasteiger partial charge in [-0.25, -0.2) is 0 Å². The van der Waals surface area contributed by atoms with Gasteiger partial charge in [0.2, 0.25) is 0 Å². The number of hydrogen-bond donors (Lipinski definition) is 1. The maximum absolute atomic E-state index is 10.6. The molecular weight excluding hydrogens is 204 g/mol. The van der Waals surface area contributed by atoms with Crippen molar-refractivity contribution >= 4 is 6.29 Å². The molecule has 4 heteroatoms. The predicted octanol–water partition coefficient (Wildman–Crippen LogP) is 1.35. The van der Waals surface area contributed by atoms with E-state index >= 15 is 0 Å². The lowest BCUT2D eigenvalue weighted by atomic mass is 10.1. The van der Waals surface area contributed by atoms with Gasteiger partial charge in [-0.3, -0.25) is 9.48 Å². The number of hydrogen-bond acceptors (Lipinski definition) is 3. The molecule has 1 aromatic carbocycles. The van der Waals surface area contributed by atoms with Crippen LogP contribution in [0, 0.1) is 0 Å². The van der Waals surface area contributed by atoms with E-state index in [1.807, 2.05) is 24.4 Å². The smallest absolute Gasteiger partial charge is 0.150 e. The van der Waals surface area contributed by atoms with Crippen LogP contribution in [0.4, 0.5) is 0 Å². The zero-order chi connectivity index (χ0) is 11.4. The first-order valence-electron chi connectivity index (χ1n) is 5.02. The van der Waals surface area contributed by atoms with Crippen LogP contribution in [0.15, 0.2) is 36.7 Å². The van der Waals surface area contributed by atoms with Crippen molar-refractivity contribution in [3.05, 3.63) is 42.2 Å². The van der Waals surface area contributed by atoms with Gasteiger partial charge in [0.05, 0.1) is 19.3 Å². The van der Waals surface area contributed by atoms with Gasteiger partial charge in [0.25, 0.3) is 0 Å². The molecule has 0 saturated heterocycles. The number of aromatic nitrogens is 2. The van der Waals surface area contributed by atoms with E-state index in [0.717, 1.165) is 17.4 Å². The van der Waals surface area contributed by atoms with Gasteiger partial charge in [-0.15, -0.1) is 0 Å². The zero-order valence-electron chi connectivity index (χ0n) is 8.71. The number of benzene rings is 1. The molecule has 0 aliphatic rings. The summed E-state index contributed by atoms with van der Waals surface area (Å²) < 4.78 is 1.67. The van der Waals surface area contributed by atoms with Crippen LogP contribution >= 0.6 is 0 Å². The lowest BCUT2D eigenvalue weighted by Crippen LogP contribution is -2.01. The molecule has 1 aromatic heterocycles. The van der Waals surface area contributed by atoms with Gasteiger partial charge < -0.3 is 5.11 Å². The van der Waals surface area contributed by atoms with Crippen molar-refractivity contribution in [1.29, 1.82) is 0 Å². The number of aldehydes is 1. The highest BCUT2D eigenvalue weighted by Gasteiger charge is 2.02. The molecule has 82 valence electrons. The largest absolute Gasteiger partial charge is 0.394 e. The number of aliphatic hydroxyl groups is 1. The fourth-order valence-corrected chi connectivity index (χ4v) is 1.53. The van der Waals surface area contributed by atoms with Gasteiger partial charge in [-0.2, -0.15) is 5.10 Å². The second-order valence-corrected chi connectivity index (χ2v) is 3.46. The molecule has 0 radical (unpaired) electrons. The van der Waals surface area contributed by atoms with Crippen molar-refractivity contribution in [3.8, 4) is 11.1 Å². The first-order chi connectivity index (χ1) is 7.83. The standard InChI is InChI=1S/C12H12N2O2/c15-5-4-14-8-12(7-13-14)11-3-1-2-10(6-11)9-16/h1-3,6-9,15H,4-5H2. The minimum absolute atomic E-state index is 0.0650. The average Bonchev–Trinajstić information content (AvgIpc) is 2.78. The van der Waals surface area contributed by atoms with Crippen molar-refractivity contribution in [2.24, 2.45) is 0 Å². The SMILES string of the molecule is O=Cc1cccc(-c2cnn(CCO)c2)c1. The Morgan fingerprint density at radius 3 is 3.00 bits per heavy atom. The summed E-state index contributed by atoms with van der Waals surface area (Å²) in [7, 11) is 0. The summed E-state index contributed by atoms with van der Waals surface area (Å²) in [6.45, 7) is 0.545. The zero-order valence-corrected chi connectivity index (χ0v) is 8.71. The molecule has 0 saturated carbocycles. The van der Waals surface area contributed by atoms with Gasteiger partial charge in [-0.05, 0) is 11.6 Å². The van der Waals surface area contributed by atoms with Crippen LogP contribution in [0.2, 0.25) is 0 Å². The molecule has 0 bridgehead atoms. The van der Waals surface area contributed by atoms with Gasteiger partial charge in [0.15, 0.2) is 0 Å². The van der Waals surface area contributed by atoms with Crippen molar-refractivity contribution in [2.75, 3.05) is 6.61 Å². The minimum atomic E-state index is 0.0650. The lowest BCUT2D eigenvalue weighted by Gasteiger charge is -1.98. The Bertz CT molecular complexity index is 491. The third-order valence-electron chi connectivity index (χ3n) is 2.32. The van der Waals surface area contributed by atoms with Gasteiger partial charge in [0, 0.05) is 17.3 Å². The Kier molecular flexibility index (Phi) is 3.12. The Labute approximate surface area is 93.1 Å². The molecule has 4 nitrogen and oxygen atoms in total. The van der Waals surface area contributed by atoms with Crippen molar-refractivity contribution in [3.63, 3.8) is 0 Å². The second-order valence-electron chi connectivity index (χ2n) is 3.46. The van der Waals surface area contributed by atoms with E-state index in [4.69, 9.17) is 5.11 Å². The van der Waals surface area contributed by atoms with Crippen LogP contribution in [0.5, 0.6) is 0 Å². The topological polar surface area (TPSA) is 55.1 Å². The van der Waals surface area contributed by atoms with E-state index < -0.39 is 0 Å². The molecular formula is C12H12N2O2. The molecule has 1 N–H and O–H groups in total. The maximum Gasteiger partial charge on any atom is 0.150 e. The first kappa shape index (κ1) is 10.6. The van der Waals surface area contributed by atoms with Crippen LogP contribution in [0.1, 0.15) is 10.4 Å². The van der Waals surface area contributed by atoms with Crippen LogP contribution in [0.25, 0.3) is 11.1 Å². The summed E-state index contributed by atoms with van der Waals surface area (Å²) in [6.07, 6.45) is 4.39. The Morgan fingerprint density at radius 2 is 2.25 bits per heavy atom. The van der Waals surface area contributed by atoms with Crippen LogP contribution in [0.3, 0.4) is 0 Å². The molecule has 2 rings (SSSR count). The van der Waals surface area contributed by atoms with Gasteiger partial charge in [0.1, 0.15) is 6.29 Å². The highest BCUT2D eigenvalue weighted by Crippen LogP contribution is 2.19. The summed E-state index contributed by atoms with van der Waals surface area (Å²) in [4.78, 5) is 10.6. The minimum Gasteiger partial charge on any atom is -0.394 e. The highest BCUT2D eigenvalue weighted by molar-refractivity contribution is 5.78. The quantitative estimate of drug-likeness (QED) is 0.785. The van der Waals surface area contributed by atoms with E-state index in [2.05, 4.69) is 5.10 Å². The predicted molar refractivity (Wildman–Crippen MR) is 60.1 cm³/mol. The third kappa shape index (κ3) is 2.17. The number of carbonyl (C=O) groups excluding carboxylic acids is 1. The fourth-order valence-electron chi connectivity index (χ4n) is 1.53. The molecule has 16 heavy (non-hydrogen) atoms. The Balaban J connectivity index is 2.30. The summed E-state index contributed by atoms with van der Waals surface area (Å²) in [5.41, 5.74) is 2.54. The normalized spacial score (nSPS) is 10.3. The molecule has 0 aliphatic carbocycles. The molecule has 0 aliphatic heterocycles. The van der Waals surface area contributed by atoms with E-state index in [9.17, 15) is 4.79 Å². The van der Waals surface area contributed by atoms with Crippen LogP contribution < -0.4 is 0 Å². The number of nitrogens with zero attached hydrogens (tertiary/aromatic N) is 2. The lowest BCUT2D eigenvalue weighted by molar-refractivity contribution is 0.112. The number of carbonyl (C=O) groups is 1. The molecule has 0 fully saturated rings. The second kappa shape index (κ2) is 4.72. The summed E-state index contributed by atoms with van der Waals surface area (Å²) in [5.74, 6) is 0. The van der Waals surface area contributed by atoms with E-state index in [1.165, 1.54) is 0 Å². The van der Waals surface area contributed by atoms with E-state index in [-0.39, 0.29) is 6.61 Å². The van der Waals surface area contributed by atoms with Crippen molar-refractivity contribution in [1.82, 2.24) is 9.78 Å². The Morgan fingerprint density at radius 1 is 1.38 bits per heavy atom. The summed E-state index contributed by atoms with van der Waals surface area (Å²) in [6, 6.07) is 7.33. The van der Waals surface area contributed by atoms with Crippen LogP contribution in [-0.2, 0) is 6.54 Å². The highest BCUT2D eigenvalue weighted by atomic mass is 16.3. The van der Waals surface area contributed by atoms with E-state index in [1.54, 1.807) is 16.9 Å². The van der Waals surface area contributed by atoms with Gasteiger partial charge >= 0.3 is 0 Å². The first-order valence-corrected chi connectivity index (χ1v) is 5.02. The molecule has 0 atom stereocenters. The van der Waals surface area contributed by atoms with Crippen molar-refractivity contribution in [2.45, 2.75) is 6.54 Å². The maximum atomic E-state index is 10.6. The fraction of sp³-hybridized carbons (Fsp3) is 0.167. The number of rotatable bonds is 4. The third-order valence-corrected chi connectivity index (χ3v) is 2.32. The summed E-state index contributed by atoms with van der Waals surface area (Å²) in [5, 5.41) is 12.9. The van der Waals surface area contributed by atoms with Crippen molar-refractivity contribution < 1.29 is 9.90 Å². The molecule has 0 spiro atoms. The average molecular weight is 216 g/mol. The number of aliphatic hydroxyl groups excluding tert-OH is 1. The Hall–Kier alpha value is -1.94. The van der Waals surface area contributed by atoms with Gasteiger partial charge in [-0.1, -0.05) is 18.2 Å². The molecule has 0 amide bonds. The summed E-state index contributed by atoms with van der Waals surface area (Å²) >= 11 is 0. The van der Waals surface area contributed by atoms with Crippen LogP contribution in [-0.4, -0.2) is 27.8 Å².